The van der Waals surface area contributed by atoms with Crippen LogP contribution >= 0.6 is 0 Å². The lowest BCUT2D eigenvalue weighted by atomic mass is 9.99. The molecule has 1 aromatic carbocycles. The van der Waals surface area contributed by atoms with Gasteiger partial charge in [0.25, 0.3) is 0 Å². The van der Waals surface area contributed by atoms with Gasteiger partial charge in [0.1, 0.15) is 12.7 Å². The van der Waals surface area contributed by atoms with Crippen molar-refractivity contribution in [3.8, 4) is 11.5 Å². The molecule has 3 rings (SSSR count). The highest BCUT2D eigenvalue weighted by molar-refractivity contribution is 5.43. The van der Waals surface area contributed by atoms with E-state index in [1.165, 1.54) is 18.4 Å². The van der Waals surface area contributed by atoms with Crippen molar-refractivity contribution in [3.63, 3.8) is 0 Å². The number of rotatable bonds is 8. The van der Waals surface area contributed by atoms with Gasteiger partial charge in [-0.2, -0.15) is 0 Å². The van der Waals surface area contributed by atoms with Gasteiger partial charge in [0.05, 0.1) is 7.11 Å². The highest BCUT2D eigenvalue weighted by Crippen LogP contribution is 2.29. The van der Waals surface area contributed by atoms with E-state index in [1.807, 2.05) is 6.07 Å². The maximum atomic E-state index is 10.5. The molecule has 29 heavy (non-hydrogen) atoms. The van der Waals surface area contributed by atoms with Gasteiger partial charge < -0.3 is 19.5 Å². The smallest absolute Gasteiger partial charge is 0.161 e. The van der Waals surface area contributed by atoms with E-state index >= 15 is 0 Å². The zero-order valence-corrected chi connectivity index (χ0v) is 18.5. The van der Waals surface area contributed by atoms with Crippen LogP contribution in [0.3, 0.4) is 0 Å². The van der Waals surface area contributed by atoms with Crippen molar-refractivity contribution in [2.24, 2.45) is 5.92 Å². The van der Waals surface area contributed by atoms with Crippen LogP contribution in [-0.4, -0.2) is 92.5 Å². The molecule has 2 aliphatic rings. The fraction of sp³-hybridized carbons (Fsp3) is 0.739. The Bertz CT molecular complexity index is 619. The molecule has 0 aromatic heterocycles. The molecule has 1 unspecified atom stereocenters. The van der Waals surface area contributed by atoms with Crippen LogP contribution in [0.5, 0.6) is 11.5 Å². The highest BCUT2D eigenvalue weighted by Gasteiger charge is 2.18. The summed E-state index contributed by atoms with van der Waals surface area (Å²) in [5, 5.41) is 10.5. The molecule has 2 fully saturated rings. The second-order valence-corrected chi connectivity index (χ2v) is 8.87. The molecule has 6 heteroatoms. The maximum Gasteiger partial charge on any atom is 0.161 e. The molecule has 1 N–H and O–H groups in total. The third-order valence-corrected chi connectivity index (χ3v) is 6.22. The maximum absolute atomic E-state index is 10.5. The Kier molecular flexibility index (Phi) is 8.60. The number of nitrogens with zero attached hydrogens (tertiary/aromatic N) is 3. The summed E-state index contributed by atoms with van der Waals surface area (Å²) in [6.07, 6.45) is 3.20. The summed E-state index contributed by atoms with van der Waals surface area (Å²) >= 11 is 0. The Morgan fingerprint density at radius 3 is 2.59 bits per heavy atom. The van der Waals surface area contributed by atoms with Gasteiger partial charge in [-0.15, -0.1) is 0 Å². The summed E-state index contributed by atoms with van der Waals surface area (Å²) in [5.74, 6) is 2.29. The van der Waals surface area contributed by atoms with Crippen molar-refractivity contribution in [2.45, 2.75) is 38.8 Å². The van der Waals surface area contributed by atoms with Crippen molar-refractivity contribution < 1.29 is 14.6 Å². The monoisotopic (exact) mass is 405 g/mol. The molecule has 0 spiro atoms. The van der Waals surface area contributed by atoms with Crippen LogP contribution in [0.15, 0.2) is 18.2 Å². The van der Waals surface area contributed by atoms with Gasteiger partial charge in [0.2, 0.25) is 0 Å². The lowest BCUT2D eigenvalue weighted by molar-refractivity contribution is 0.0685. The standard InChI is InChI=1S/C23H39N3O3/c1-19-7-11-26(12-8-19)16-20-5-6-22(28-3)23(15-20)29-18-21(27)17-25-10-4-9-24(2)13-14-25/h5-6,15,19,21,27H,4,7-14,16-18H2,1-3H3. The average molecular weight is 406 g/mol. The van der Waals surface area contributed by atoms with Crippen LogP contribution in [0.25, 0.3) is 0 Å². The molecular weight excluding hydrogens is 366 g/mol. The Morgan fingerprint density at radius 2 is 1.83 bits per heavy atom. The van der Waals surface area contributed by atoms with Crippen molar-refractivity contribution in [1.82, 2.24) is 14.7 Å². The largest absolute Gasteiger partial charge is 0.493 e. The summed E-state index contributed by atoms with van der Waals surface area (Å²) in [5.41, 5.74) is 1.24. The van der Waals surface area contributed by atoms with E-state index in [0.717, 1.165) is 69.7 Å². The molecule has 1 aromatic rings. The second-order valence-electron chi connectivity index (χ2n) is 8.87. The number of aliphatic hydroxyl groups is 1. The van der Waals surface area contributed by atoms with Crippen molar-refractivity contribution in [1.29, 1.82) is 0 Å². The lowest BCUT2D eigenvalue weighted by Gasteiger charge is -2.30. The van der Waals surface area contributed by atoms with E-state index in [9.17, 15) is 5.11 Å². The Labute approximate surface area is 176 Å². The van der Waals surface area contributed by atoms with Crippen LogP contribution < -0.4 is 9.47 Å². The molecule has 1 atom stereocenters. The molecule has 0 bridgehead atoms. The average Bonchev–Trinajstić information content (AvgIpc) is 2.92. The van der Waals surface area contributed by atoms with Crippen LogP contribution in [0, 0.1) is 5.92 Å². The topological polar surface area (TPSA) is 48.4 Å². The van der Waals surface area contributed by atoms with Gasteiger partial charge in [-0.3, -0.25) is 9.80 Å². The molecule has 0 radical (unpaired) electrons. The molecule has 6 nitrogen and oxygen atoms in total. The first-order valence-corrected chi connectivity index (χ1v) is 11.1. The molecule has 0 aliphatic carbocycles. The normalized spacial score (nSPS) is 21.7. The molecular formula is C23H39N3O3. The summed E-state index contributed by atoms with van der Waals surface area (Å²) in [6.45, 7) is 10.8. The SMILES string of the molecule is COc1ccc(CN2CCC(C)CC2)cc1OCC(O)CN1CCCN(C)CC1. The molecule has 164 valence electrons. The number of piperidine rings is 1. The van der Waals surface area contributed by atoms with E-state index < -0.39 is 6.10 Å². The number of benzene rings is 1. The van der Waals surface area contributed by atoms with Crippen molar-refractivity contribution >= 4 is 0 Å². The molecule has 2 saturated heterocycles. The first-order chi connectivity index (χ1) is 14.0. The number of aliphatic hydroxyl groups excluding tert-OH is 1. The van der Waals surface area contributed by atoms with Gasteiger partial charge in [-0.05, 0) is 76.1 Å². The Hall–Kier alpha value is -1.34. The van der Waals surface area contributed by atoms with Crippen molar-refractivity contribution in [2.75, 3.05) is 66.6 Å². The van der Waals surface area contributed by atoms with Gasteiger partial charge >= 0.3 is 0 Å². The molecule has 0 amide bonds. The predicted molar refractivity (Wildman–Crippen MR) is 117 cm³/mol. The molecule has 2 heterocycles. The molecule has 2 aliphatic heterocycles. The van der Waals surface area contributed by atoms with E-state index in [2.05, 4.69) is 40.8 Å². The number of hydrogen-bond acceptors (Lipinski definition) is 6. The van der Waals surface area contributed by atoms with E-state index in [-0.39, 0.29) is 6.61 Å². The number of β-amino-alcohol motifs (C(OH)–C–C–N with tert-alkyl or cyclic N) is 1. The van der Waals surface area contributed by atoms with E-state index in [0.29, 0.717) is 6.54 Å². The number of hydrogen-bond donors (Lipinski definition) is 1. The minimum absolute atomic E-state index is 0.285. The predicted octanol–water partition coefficient (Wildman–Crippen LogP) is 2.30. The third-order valence-electron chi connectivity index (χ3n) is 6.22. The summed E-state index contributed by atoms with van der Waals surface area (Å²) in [4.78, 5) is 7.20. The summed E-state index contributed by atoms with van der Waals surface area (Å²) in [7, 11) is 3.82. The summed E-state index contributed by atoms with van der Waals surface area (Å²) in [6, 6.07) is 6.17. The van der Waals surface area contributed by atoms with Gasteiger partial charge in [-0.25, -0.2) is 0 Å². The number of likely N-dealkylation sites (N-methyl/N-ethyl adjacent to an activating group) is 1. The number of ether oxygens (including phenoxy) is 2. The third kappa shape index (κ3) is 7.14. The number of likely N-dealkylation sites (tertiary alicyclic amines) is 1. The first-order valence-electron chi connectivity index (χ1n) is 11.1. The Balaban J connectivity index is 1.52. The minimum Gasteiger partial charge on any atom is -0.493 e. The zero-order valence-electron chi connectivity index (χ0n) is 18.5. The number of methoxy groups -OCH3 is 1. The van der Waals surface area contributed by atoms with E-state index in [1.54, 1.807) is 7.11 Å². The quantitative estimate of drug-likeness (QED) is 0.716. The van der Waals surface area contributed by atoms with Gasteiger partial charge in [0, 0.05) is 26.2 Å². The van der Waals surface area contributed by atoms with Crippen LogP contribution in [0.2, 0.25) is 0 Å². The zero-order chi connectivity index (χ0) is 20.6. The van der Waals surface area contributed by atoms with E-state index in [4.69, 9.17) is 9.47 Å². The van der Waals surface area contributed by atoms with Crippen LogP contribution in [0.4, 0.5) is 0 Å². The summed E-state index contributed by atoms with van der Waals surface area (Å²) < 4.78 is 11.5. The van der Waals surface area contributed by atoms with Crippen LogP contribution in [-0.2, 0) is 6.54 Å². The van der Waals surface area contributed by atoms with Crippen molar-refractivity contribution in [3.05, 3.63) is 23.8 Å². The fourth-order valence-electron chi connectivity index (χ4n) is 4.23. The highest BCUT2D eigenvalue weighted by atomic mass is 16.5. The lowest BCUT2D eigenvalue weighted by Crippen LogP contribution is -2.37. The minimum atomic E-state index is -0.504. The van der Waals surface area contributed by atoms with Gasteiger partial charge in [-0.1, -0.05) is 13.0 Å². The Morgan fingerprint density at radius 1 is 1.03 bits per heavy atom. The van der Waals surface area contributed by atoms with Gasteiger partial charge in [0.15, 0.2) is 11.5 Å². The molecule has 0 saturated carbocycles. The van der Waals surface area contributed by atoms with Crippen LogP contribution in [0.1, 0.15) is 31.7 Å². The fourth-order valence-corrected chi connectivity index (χ4v) is 4.23. The second kappa shape index (κ2) is 11.2. The first kappa shape index (κ1) is 22.3.